The van der Waals surface area contributed by atoms with Gasteiger partial charge in [0.15, 0.2) is 0 Å². The minimum absolute atomic E-state index is 0.312. The molecular formula is C17H23NOS. The SMILES string of the molecule is CCCNC(c1ccc(CCOC)cc1)c1cccs1. The molecule has 0 fully saturated rings. The van der Waals surface area contributed by atoms with Crippen molar-refractivity contribution in [3.63, 3.8) is 0 Å². The van der Waals surface area contributed by atoms with Crippen LogP contribution in [0.5, 0.6) is 0 Å². The number of ether oxygens (including phenoxy) is 1. The third kappa shape index (κ3) is 4.17. The van der Waals surface area contributed by atoms with Gasteiger partial charge >= 0.3 is 0 Å². The van der Waals surface area contributed by atoms with Gasteiger partial charge < -0.3 is 10.1 Å². The number of rotatable bonds is 8. The topological polar surface area (TPSA) is 21.3 Å². The van der Waals surface area contributed by atoms with Crippen molar-refractivity contribution >= 4 is 11.3 Å². The lowest BCUT2D eigenvalue weighted by molar-refractivity contribution is 0.202. The van der Waals surface area contributed by atoms with Gasteiger partial charge in [-0.2, -0.15) is 0 Å². The van der Waals surface area contributed by atoms with Gasteiger partial charge in [0, 0.05) is 12.0 Å². The molecule has 0 bridgehead atoms. The summed E-state index contributed by atoms with van der Waals surface area (Å²) >= 11 is 1.81. The largest absolute Gasteiger partial charge is 0.384 e. The molecule has 2 aromatic rings. The average molecular weight is 289 g/mol. The summed E-state index contributed by atoms with van der Waals surface area (Å²) in [6, 6.07) is 13.5. The van der Waals surface area contributed by atoms with Crippen LogP contribution in [0.1, 0.15) is 35.4 Å². The second-order valence-corrected chi connectivity index (χ2v) is 5.87. The maximum absolute atomic E-state index is 5.12. The van der Waals surface area contributed by atoms with Crippen molar-refractivity contribution in [2.45, 2.75) is 25.8 Å². The first-order chi connectivity index (χ1) is 9.85. The van der Waals surface area contributed by atoms with Crippen LogP contribution >= 0.6 is 11.3 Å². The molecule has 108 valence electrons. The number of hydrogen-bond donors (Lipinski definition) is 1. The molecule has 3 heteroatoms. The van der Waals surface area contributed by atoms with Gasteiger partial charge in [-0.3, -0.25) is 0 Å². The van der Waals surface area contributed by atoms with Crippen molar-refractivity contribution in [1.29, 1.82) is 0 Å². The van der Waals surface area contributed by atoms with Crippen LogP contribution in [0.2, 0.25) is 0 Å². The Morgan fingerprint density at radius 3 is 2.60 bits per heavy atom. The van der Waals surface area contributed by atoms with Crippen LogP contribution in [-0.4, -0.2) is 20.3 Å². The molecule has 2 rings (SSSR count). The lowest BCUT2D eigenvalue weighted by Gasteiger charge is -2.18. The summed E-state index contributed by atoms with van der Waals surface area (Å²) in [5.41, 5.74) is 2.66. The Labute approximate surface area is 125 Å². The van der Waals surface area contributed by atoms with Crippen LogP contribution < -0.4 is 5.32 Å². The Balaban J connectivity index is 2.12. The van der Waals surface area contributed by atoms with Gasteiger partial charge in [0.25, 0.3) is 0 Å². The van der Waals surface area contributed by atoms with Gasteiger partial charge in [0.2, 0.25) is 0 Å². The average Bonchev–Trinajstić information content (AvgIpc) is 3.01. The molecule has 0 radical (unpaired) electrons. The summed E-state index contributed by atoms with van der Waals surface area (Å²) < 4.78 is 5.12. The molecule has 0 aliphatic carbocycles. The van der Waals surface area contributed by atoms with E-state index in [1.807, 2.05) is 11.3 Å². The molecule has 0 aliphatic rings. The van der Waals surface area contributed by atoms with Crippen LogP contribution in [0.3, 0.4) is 0 Å². The van der Waals surface area contributed by atoms with Crippen LogP contribution in [-0.2, 0) is 11.2 Å². The molecule has 0 aliphatic heterocycles. The molecule has 1 N–H and O–H groups in total. The lowest BCUT2D eigenvalue weighted by Crippen LogP contribution is -2.22. The second kappa shape index (κ2) is 8.20. The maximum Gasteiger partial charge on any atom is 0.0671 e. The summed E-state index contributed by atoms with van der Waals surface area (Å²) in [5, 5.41) is 5.78. The van der Waals surface area contributed by atoms with E-state index < -0.39 is 0 Å². The molecule has 1 heterocycles. The zero-order valence-corrected chi connectivity index (χ0v) is 13.1. The van der Waals surface area contributed by atoms with Crippen LogP contribution in [0.4, 0.5) is 0 Å². The standard InChI is InChI=1S/C17H23NOS/c1-3-11-18-17(16-5-4-13-20-16)15-8-6-14(7-9-15)10-12-19-2/h4-9,13,17-18H,3,10-12H2,1-2H3. The number of thiophene rings is 1. The highest BCUT2D eigenvalue weighted by atomic mass is 32.1. The molecule has 0 amide bonds. The van der Waals surface area contributed by atoms with Crippen molar-refractivity contribution in [3.8, 4) is 0 Å². The van der Waals surface area contributed by atoms with E-state index in [9.17, 15) is 0 Å². The van der Waals surface area contributed by atoms with E-state index >= 15 is 0 Å². The van der Waals surface area contributed by atoms with Crippen molar-refractivity contribution in [2.75, 3.05) is 20.3 Å². The first kappa shape index (κ1) is 15.2. The first-order valence-corrected chi connectivity index (χ1v) is 8.07. The maximum atomic E-state index is 5.12. The van der Waals surface area contributed by atoms with E-state index in [4.69, 9.17) is 4.74 Å². The number of methoxy groups -OCH3 is 1. The van der Waals surface area contributed by atoms with Gasteiger partial charge in [-0.05, 0) is 42.0 Å². The molecular weight excluding hydrogens is 266 g/mol. The fourth-order valence-corrected chi connectivity index (χ4v) is 3.05. The fourth-order valence-electron chi connectivity index (χ4n) is 2.22. The predicted molar refractivity (Wildman–Crippen MR) is 86.5 cm³/mol. The molecule has 20 heavy (non-hydrogen) atoms. The van der Waals surface area contributed by atoms with Gasteiger partial charge in [-0.25, -0.2) is 0 Å². The second-order valence-electron chi connectivity index (χ2n) is 4.89. The Hall–Kier alpha value is -1.16. The summed E-state index contributed by atoms with van der Waals surface area (Å²) in [6.45, 7) is 4.02. The Morgan fingerprint density at radius 1 is 1.20 bits per heavy atom. The predicted octanol–water partition coefficient (Wildman–Crippen LogP) is 4.03. The van der Waals surface area contributed by atoms with E-state index in [-0.39, 0.29) is 0 Å². The highest BCUT2D eigenvalue weighted by Gasteiger charge is 2.13. The Bertz CT molecular complexity index is 478. The van der Waals surface area contributed by atoms with Crippen molar-refractivity contribution in [3.05, 3.63) is 57.8 Å². The van der Waals surface area contributed by atoms with Crippen molar-refractivity contribution in [2.24, 2.45) is 0 Å². The van der Waals surface area contributed by atoms with Crippen LogP contribution in [0.15, 0.2) is 41.8 Å². The van der Waals surface area contributed by atoms with Gasteiger partial charge in [0.05, 0.1) is 12.6 Å². The minimum Gasteiger partial charge on any atom is -0.384 e. The molecule has 0 saturated carbocycles. The van der Waals surface area contributed by atoms with Crippen LogP contribution in [0, 0.1) is 0 Å². The van der Waals surface area contributed by atoms with Crippen molar-refractivity contribution in [1.82, 2.24) is 5.32 Å². The Kier molecular flexibility index (Phi) is 6.25. The van der Waals surface area contributed by atoms with Gasteiger partial charge in [0.1, 0.15) is 0 Å². The molecule has 1 unspecified atom stereocenters. The molecule has 0 saturated heterocycles. The van der Waals surface area contributed by atoms with E-state index in [1.165, 1.54) is 16.0 Å². The molecule has 2 nitrogen and oxygen atoms in total. The lowest BCUT2D eigenvalue weighted by atomic mass is 10.0. The number of nitrogens with one attached hydrogen (secondary N) is 1. The fraction of sp³-hybridized carbons (Fsp3) is 0.412. The monoisotopic (exact) mass is 289 g/mol. The molecule has 0 spiro atoms. The molecule has 1 aromatic carbocycles. The minimum atomic E-state index is 0.312. The van der Waals surface area contributed by atoms with Gasteiger partial charge in [-0.15, -0.1) is 11.3 Å². The normalized spacial score (nSPS) is 12.5. The zero-order chi connectivity index (χ0) is 14.2. The summed E-state index contributed by atoms with van der Waals surface area (Å²) in [7, 11) is 1.75. The van der Waals surface area contributed by atoms with E-state index in [1.54, 1.807) is 7.11 Å². The third-order valence-electron chi connectivity index (χ3n) is 3.33. The van der Waals surface area contributed by atoms with Crippen molar-refractivity contribution < 1.29 is 4.74 Å². The Morgan fingerprint density at radius 2 is 2.00 bits per heavy atom. The number of benzene rings is 1. The zero-order valence-electron chi connectivity index (χ0n) is 12.3. The first-order valence-electron chi connectivity index (χ1n) is 7.19. The summed E-state index contributed by atoms with van der Waals surface area (Å²) in [5.74, 6) is 0. The third-order valence-corrected chi connectivity index (χ3v) is 4.27. The smallest absolute Gasteiger partial charge is 0.0671 e. The van der Waals surface area contributed by atoms with E-state index in [0.29, 0.717) is 6.04 Å². The van der Waals surface area contributed by atoms with Gasteiger partial charge in [-0.1, -0.05) is 37.3 Å². The summed E-state index contributed by atoms with van der Waals surface area (Å²) in [6.07, 6.45) is 2.12. The molecule has 1 aromatic heterocycles. The van der Waals surface area contributed by atoms with Crippen LogP contribution in [0.25, 0.3) is 0 Å². The van der Waals surface area contributed by atoms with E-state index in [2.05, 4.69) is 54.0 Å². The summed E-state index contributed by atoms with van der Waals surface area (Å²) in [4.78, 5) is 1.38. The quantitative estimate of drug-likeness (QED) is 0.792. The highest BCUT2D eigenvalue weighted by molar-refractivity contribution is 7.10. The highest BCUT2D eigenvalue weighted by Crippen LogP contribution is 2.26. The van der Waals surface area contributed by atoms with E-state index in [0.717, 1.165) is 26.0 Å². The number of hydrogen-bond acceptors (Lipinski definition) is 3. The molecule has 1 atom stereocenters.